The lowest BCUT2D eigenvalue weighted by molar-refractivity contribution is 0.704. The molecule has 0 bridgehead atoms. The summed E-state index contributed by atoms with van der Waals surface area (Å²) < 4.78 is 2.56. The molecule has 0 heterocycles. The Morgan fingerprint density at radius 2 is 1.69 bits per heavy atom. The van der Waals surface area contributed by atoms with E-state index >= 15 is 0 Å². The molecule has 1 nitrogen and oxygen atoms in total. The predicted octanol–water partition coefficient (Wildman–Crippen LogP) is 1.72. The van der Waals surface area contributed by atoms with Crippen molar-refractivity contribution in [2.24, 2.45) is 0 Å². The van der Waals surface area contributed by atoms with Crippen LogP contribution in [0.4, 0.5) is 5.69 Å². The lowest BCUT2D eigenvalue weighted by atomic mass is 10.2. The number of nitrogens with zero attached hydrogens (tertiary/aromatic N) is 1. The van der Waals surface area contributed by atoms with Crippen molar-refractivity contribution in [1.82, 2.24) is 0 Å². The Balaban J connectivity index is 2.08. The van der Waals surface area contributed by atoms with E-state index in [1.165, 1.54) is 31.4 Å². The van der Waals surface area contributed by atoms with Gasteiger partial charge in [0.2, 0.25) is 0 Å². The third-order valence-electron chi connectivity index (χ3n) is 3.04. The van der Waals surface area contributed by atoms with Crippen LogP contribution in [0, 0.1) is 0 Å². The van der Waals surface area contributed by atoms with Crippen LogP contribution in [0.1, 0.15) is 25.7 Å². The molecule has 1 fully saturated rings. The minimum atomic E-state index is 0.842. The molecule has 1 saturated carbocycles. The Morgan fingerprint density at radius 3 is 2.31 bits per heavy atom. The molecule has 13 heavy (non-hydrogen) atoms. The third-order valence-corrected chi connectivity index (χ3v) is 4.28. The topological polar surface area (TPSA) is 3.24 Å². The standard InChI is InChI=1S/C11H17NSi/c13-12(11-8-4-5-9-11)10-6-2-1-3-7-10/h1-3,6-7,11H,4-5,8-9H2,13H3. The summed E-state index contributed by atoms with van der Waals surface area (Å²) in [5.74, 6) is 0. The van der Waals surface area contributed by atoms with E-state index in [2.05, 4.69) is 34.9 Å². The molecule has 1 aliphatic rings. The molecule has 1 aliphatic carbocycles. The van der Waals surface area contributed by atoms with Crippen LogP contribution in [0.5, 0.6) is 0 Å². The van der Waals surface area contributed by atoms with Crippen LogP contribution in [0.3, 0.4) is 0 Å². The summed E-state index contributed by atoms with van der Waals surface area (Å²) in [6.45, 7) is 0. The van der Waals surface area contributed by atoms with E-state index in [9.17, 15) is 0 Å². The second-order valence-electron chi connectivity index (χ2n) is 3.88. The van der Waals surface area contributed by atoms with Gasteiger partial charge in [0, 0.05) is 11.7 Å². The molecule has 0 N–H and O–H groups in total. The number of benzene rings is 1. The molecule has 0 unspecified atom stereocenters. The molecule has 0 saturated heterocycles. The summed E-state index contributed by atoms with van der Waals surface area (Å²) in [6.07, 6.45) is 5.66. The summed E-state index contributed by atoms with van der Waals surface area (Å²) in [4.78, 5) is 0. The Morgan fingerprint density at radius 1 is 1.08 bits per heavy atom. The van der Waals surface area contributed by atoms with Crippen LogP contribution in [-0.4, -0.2) is 16.4 Å². The first kappa shape index (κ1) is 8.82. The van der Waals surface area contributed by atoms with Gasteiger partial charge in [-0.15, -0.1) is 0 Å². The van der Waals surface area contributed by atoms with Crippen LogP contribution < -0.4 is 4.57 Å². The van der Waals surface area contributed by atoms with Crippen LogP contribution in [0.15, 0.2) is 30.3 Å². The van der Waals surface area contributed by atoms with Gasteiger partial charge in [-0.1, -0.05) is 31.0 Å². The average molecular weight is 191 g/mol. The van der Waals surface area contributed by atoms with Crippen molar-refractivity contribution in [3.05, 3.63) is 30.3 Å². The molecule has 0 atom stereocenters. The van der Waals surface area contributed by atoms with Crippen molar-refractivity contribution in [2.75, 3.05) is 4.57 Å². The zero-order valence-electron chi connectivity index (χ0n) is 8.24. The molecule has 70 valence electrons. The van der Waals surface area contributed by atoms with Crippen LogP contribution in [-0.2, 0) is 0 Å². The first-order valence-electron chi connectivity index (χ1n) is 5.16. The van der Waals surface area contributed by atoms with Crippen molar-refractivity contribution >= 4 is 16.1 Å². The SMILES string of the molecule is [SiH3]N(c1ccccc1)C1CCCC1. The molecule has 0 amide bonds. The lowest BCUT2D eigenvalue weighted by Gasteiger charge is -2.27. The highest BCUT2D eigenvalue weighted by molar-refractivity contribution is 6.18. The third kappa shape index (κ3) is 1.94. The van der Waals surface area contributed by atoms with Gasteiger partial charge in [0.15, 0.2) is 0 Å². The second-order valence-corrected chi connectivity index (χ2v) is 4.85. The zero-order valence-corrected chi connectivity index (χ0v) is 10.2. The van der Waals surface area contributed by atoms with Crippen molar-refractivity contribution in [2.45, 2.75) is 31.7 Å². The smallest absolute Gasteiger partial charge is 0.108 e. The molecule has 1 aromatic carbocycles. The second kappa shape index (κ2) is 3.96. The maximum Gasteiger partial charge on any atom is 0.108 e. The molecule has 0 radical (unpaired) electrons. The number of rotatable bonds is 2. The summed E-state index contributed by atoms with van der Waals surface area (Å²) in [5, 5.41) is 0. The van der Waals surface area contributed by atoms with Crippen LogP contribution in [0.25, 0.3) is 0 Å². The maximum absolute atomic E-state index is 2.56. The van der Waals surface area contributed by atoms with Crippen molar-refractivity contribution in [3.63, 3.8) is 0 Å². The van der Waals surface area contributed by atoms with Crippen LogP contribution in [0.2, 0.25) is 0 Å². The van der Waals surface area contributed by atoms with Gasteiger partial charge in [-0.05, 0) is 25.0 Å². The van der Waals surface area contributed by atoms with E-state index in [4.69, 9.17) is 0 Å². The average Bonchev–Trinajstić information content (AvgIpc) is 2.71. The van der Waals surface area contributed by atoms with Gasteiger partial charge in [0.25, 0.3) is 0 Å². The highest BCUT2D eigenvalue weighted by atomic mass is 28.2. The van der Waals surface area contributed by atoms with Gasteiger partial charge in [0.05, 0.1) is 0 Å². The fraction of sp³-hybridized carbons (Fsp3) is 0.455. The molecular formula is C11H17NSi. The van der Waals surface area contributed by atoms with Gasteiger partial charge in [0.1, 0.15) is 10.4 Å². The van der Waals surface area contributed by atoms with E-state index < -0.39 is 0 Å². The fourth-order valence-corrected chi connectivity index (χ4v) is 2.98. The molecule has 2 heteroatoms. The first-order valence-corrected chi connectivity index (χ1v) is 6.05. The summed E-state index contributed by atoms with van der Waals surface area (Å²) in [5.41, 5.74) is 1.42. The maximum atomic E-state index is 2.56. The lowest BCUT2D eigenvalue weighted by Crippen LogP contribution is -2.30. The van der Waals surface area contributed by atoms with E-state index in [1.54, 1.807) is 0 Å². The van der Waals surface area contributed by atoms with Crippen molar-refractivity contribution in [1.29, 1.82) is 0 Å². The predicted molar refractivity (Wildman–Crippen MR) is 61.1 cm³/mol. The highest BCUT2D eigenvalue weighted by Crippen LogP contribution is 2.25. The Kier molecular flexibility index (Phi) is 2.69. The summed E-state index contributed by atoms with van der Waals surface area (Å²) in [6, 6.07) is 11.7. The number of anilines is 1. The number of para-hydroxylation sites is 1. The minimum absolute atomic E-state index is 0.842. The molecule has 2 rings (SSSR count). The van der Waals surface area contributed by atoms with Gasteiger partial charge < -0.3 is 4.57 Å². The van der Waals surface area contributed by atoms with E-state index in [1.807, 2.05) is 0 Å². The molecule has 0 aliphatic heterocycles. The Bertz CT molecular complexity index is 254. The van der Waals surface area contributed by atoms with E-state index in [0.29, 0.717) is 0 Å². The number of hydrogen-bond donors (Lipinski definition) is 0. The normalized spacial score (nSPS) is 17.8. The van der Waals surface area contributed by atoms with Crippen molar-refractivity contribution in [3.8, 4) is 0 Å². The summed E-state index contributed by atoms with van der Waals surface area (Å²) >= 11 is 0. The molecule has 0 spiro atoms. The minimum Gasteiger partial charge on any atom is -0.404 e. The quantitative estimate of drug-likeness (QED) is 0.643. The first-order chi connectivity index (χ1) is 6.38. The largest absolute Gasteiger partial charge is 0.404 e. The molecule has 1 aromatic rings. The van der Waals surface area contributed by atoms with E-state index in [-0.39, 0.29) is 0 Å². The van der Waals surface area contributed by atoms with Crippen molar-refractivity contribution < 1.29 is 0 Å². The Hall–Kier alpha value is -0.763. The highest BCUT2D eigenvalue weighted by Gasteiger charge is 2.18. The van der Waals surface area contributed by atoms with Gasteiger partial charge in [-0.25, -0.2) is 0 Å². The molecule has 0 aromatic heterocycles. The van der Waals surface area contributed by atoms with Gasteiger partial charge >= 0.3 is 0 Å². The fourth-order valence-electron chi connectivity index (χ4n) is 2.17. The van der Waals surface area contributed by atoms with Gasteiger partial charge in [-0.2, -0.15) is 0 Å². The molecular weight excluding hydrogens is 174 g/mol. The zero-order chi connectivity index (χ0) is 9.10. The Labute approximate surface area is 83.3 Å². The monoisotopic (exact) mass is 191 g/mol. The van der Waals surface area contributed by atoms with Crippen LogP contribution >= 0.6 is 0 Å². The van der Waals surface area contributed by atoms with E-state index in [0.717, 1.165) is 16.4 Å². The number of hydrogen-bond acceptors (Lipinski definition) is 1. The summed E-state index contributed by atoms with van der Waals surface area (Å²) in [7, 11) is 1.15. The van der Waals surface area contributed by atoms with Gasteiger partial charge in [-0.3, -0.25) is 0 Å².